The van der Waals surface area contributed by atoms with E-state index in [1.54, 1.807) is 32.7 Å². The Hall–Kier alpha value is -1.39. The topological polar surface area (TPSA) is 27.7 Å². The number of hydrogen-bond donors (Lipinski definition) is 0. The molecule has 0 aliphatic rings. The van der Waals surface area contributed by atoms with Gasteiger partial charge in [-0.05, 0) is 34.5 Å². The first-order chi connectivity index (χ1) is 9.22. The highest BCUT2D eigenvalue weighted by molar-refractivity contribution is 7.08. The fourth-order valence-electron chi connectivity index (χ4n) is 1.92. The first kappa shape index (κ1) is 14.0. The predicted octanol–water partition coefficient (Wildman–Crippen LogP) is 4.10. The third-order valence-electron chi connectivity index (χ3n) is 2.84. The summed E-state index contributed by atoms with van der Waals surface area (Å²) < 4.78 is 16.1. The molecule has 0 spiro atoms. The SMILES string of the molecule is COc1ccc(C(Cl)c2ccsc2)c(OC)c1OC. The van der Waals surface area contributed by atoms with Crippen LogP contribution in [0, 0.1) is 0 Å². The van der Waals surface area contributed by atoms with E-state index < -0.39 is 0 Å². The van der Waals surface area contributed by atoms with E-state index in [-0.39, 0.29) is 5.38 Å². The molecule has 1 aromatic carbocycles. The molecule has 0 bridgehead atoms. The molecule has 5 heteroatoms. The standard InChI is InChI=1S/C14H15ClO3S/c1-16-11-5-4-10(13(17-2)14(11)18-3)12(15)9-6-7-19-8-9/h4-8,12H,1-3H3. The summed E-state index contributed by atoms with van der Waals surface area (Å²) in [7, 11) is 4.77. The van der Waals surface area contributed by atoms with Crippen LogP contribution in [0.5, 0.6) is 17.2 Å². The molecule has 19 heavy (non-hydrogen) atoms. The number of alkyl halides is 1. The van der Waals surface area contributed by atoms with Gasteiger partial charge in [-0.15, -0.1) is 11.6 Å². The molecule has 0 aliphatic carbocycles. The van der Waals surface area contributed by atoms with Crippen LogP contribution in [0.25, 0.3) is 0 Å². The Morgan fingerprint density at radius 1 is 1.00 bits per heavy atom. The molecule has 0 saturated carbocycles. The molecule has 0 N–H and O–H groups in total. The summed E-state index contributed by atoms with van der Waals surface area (Å²) in [6.45, 7) is 0. The Morgan fingerprint density at radius 3 is 2.26 bits per heavy atom. The molecule has 0 radical (unpaired) electrons. The molecule has 1 heterocycles. The monoisotopic (exact) mass is 298 g/mol. The lowest BCUT2D eigenvalue weighted by atomic mass is 10.0. The van der Waals surface area contributed by atoms with Crippen molar-refractivity contribution in [3.63, 3.8) is 0 Å². The van der Waals surface area contributed by atoms with Crippen molar-refractivity contribution in [2.24, 2.45) is 0 Å². The molecule has 0 aliphatic heterocycles. The van der Waals surface area contributed by atoms with E-state index >= 15 is 0 Å². The van der Waals surface area contributed by atoms with Gasteiger partial charge in [0.05, 0.1) is 26.7 Å². The van der Waals surface area contributed by atoms with Gasteiger partial charge in [-0.2, -0.15) is 11.3 Å². The maximum Gasteiger partial charge on any atom is 0.203 e. The normalized spacial score (nSPS) is 12.0. The van der Waals surface area contributed by atoms with Crippen molar-refractivity contribution >= 4 is 22.9 Å². The second-order valence-electron chi connectivity index (χ2n) is 3.84. The fourth-order valence-corrected chi connectivity index (χ4v) is 2.99. The lowest BCUT2D eigenvalue weighted by Crippen LogP contribution is -2.01. The van der Waals surface area contributed by atoms with E-state index in [1.807, 2.05) is 29.0 Å². The van der Waals surface area contributed by atoms with Gasteiger partial charge in [0.25, 0.3) is 0 Å². The summed E-state index contributed by atoms with van der Waals surface area (Å²) in [4.78, 5) is 0. The molecule has 0 fully saturated rings. The highest BCUT2D eigenvalue weighted by atomic mass is 35.5. The molecular weight excluding hydrogens is 284 g/mol. The molecular formula is C14H15ClO3S. The minimum atomic E-state index is -0.277. The van der Waals surface area contributed by atoms with Gasteiger partial charge in [0.2, 0.25) is 5.75 Å². The first-order valence-corrected chi connectivity index (χ1v) is 7.05. The second kappa shape index (κ2) is 6.17. The van der Waals surface area contributed by atoms with E-state index in [2.05, 4.69) is 0 Å². The summed E-state index contributed by atoms with van der Waals surface area (Å²) in [5.74, 6) is 1.79. The minimum Gasteiger partial charge on any atom is -0.493 e. The highest BCUT2D eigenvalue weighted by Gasteiger charge is 2.22. The van der Waals surface area contributed by atoms with Crippen LogP contribution in [0.4, 0.5) is 0 Å². The predicted molar refractivity (Wildman–Crippen MR) is 78.1 cm³/mol. The Bertz CT molecular complexity index is 540. The Labute approximate surface area is 121 Å². The number of rotatable bonds is 5. The van der Waals surface area contributed by atoms with E-state index in [4.69, 9.17) is 25.8 Å². The van der Waals surface area contributed by atoms with E-state index in [1.165, 1.54) is 0 Å². The van der Waals surface area contributed by atoms with Gasteiger partial charge in [-0.3, -0.25) is 0 Å². The molecule has 3 nitrogen and oxygen atoms in total. The molecule has 2 rings (SSSR count). The molecule has 0 saturated heterocycles. The number of thiophene rings is 1. The quantitative estimate of drug-likeness (QED) is 0.778. The summed E-state index contributed by atoms with van der Waals surface area (Å²) >= 11 is 8.12. The van der Waals surface area contributed by atoms with Crippen LogP contribution in [0.2, 0.25) is 0 Å². The number of methoxy groups -OCH3 is 3. The van der Waals surface area contributed by atoms with Crippen molar-refractivity contribution in [2.75, 3.05) is 21.3 Å². The largest absolute Gasteiger partial charge is 0.493 e. The molecule has 1 aromatic heterocycles. The van der Waals surface area contributed by atoms with Gasteiger partial charge in [-0.25, -0.2) is 0 Å². The fraction of sp³-hybridized carbons (Fsp3) is 0.286. The van der Waals surface area contributed by atoms with Crippen LogP contribution in [-0.2, 0) is 0 Å². The zero-order chi connectivity index (χ0) is 13.8. The first-order valence-electron chi connectivity index (χ1n) is 5.68. The van der Waals surface area contributed by atoms with Gasteiger partial charge in [-0.1, -0.05) is 0 Å². The summed E-state index contributed by atoms with van der Waals surface area (Å²) in [5, 5.41) is 3.74. The zero-order valence-corrected chi connectivity index (χ0v) is 12.5. The molecule has 0 amide bonds. The highest BCUT2D eigenvalue weighted by Crippen LogP contribution is 2.45. The average molecular weight is 299 g/mol. The third kappa shape index (κ3) is 2.65. The van der Waals surface area contributed by atoms with Crippen molar-refractivity contribution < 1.29 is 14.2 Å². The number of halogens is 1. The second-order valence-corrected chi connectivity index (χ2v) is 5.06. The van der Waals surface area contributed by atoms with Crippen LogP contribution in [0.1, 0.15) is 16.5 Å². The van der Waals surface area contributed by atoms with Crippen molar-refractivity contribution in [3.05, 3.63) is 40.1 Å². The number of ether oxygens (including phenoxy) is 3. The average Bonchev–Trinajstić information content (AvgIpc) is 2.98. The number of benzene rings is 1. The van der Waals surface area contributed by atoms with E-state index in [0.717, 1.165) is 11.1 Å². The Kier molecular flexibility index (Phi) is 4.56. The lowest BCUT2D eigenvalue weighted by Gasteiger charge is -2.18. The molecule has 1 unspecified atom stereocenters. The summed E-state index contributed by atoms with van der Waals surface area (Å²) in [6.07, 6.45) is 0. The van der Waals surface area contributed by atoms with Crippen LogP contribution in [0.3, 0.4) is 0 Å². The van der Waals surface area contributed by atoms with Gasteiger partial charge in [0, 0.05) is 5.56 Å². The zero-order valence-electron chi connectivity index (χ0n) is 11.0. The van der Waals surface area contributed by atoms with Crippen LogP contribution >= 0.6 is 22.9 Å². The van der Waals surface area contributed by atoms with Gasteiger partial charge in [0.15, 0.2) is 11.5 Å². The van der Waals surface area contributed by atoms with Crippen molar-refractivity contribution in [1.29, 1.82) is 0 Å². The summed E-state index contributed by atoms with van der Waals surface area (Å²) in [6, 6.07) is 5.73. The molecule has 2 aromatic rings. The maximum absolute atomic E-state index is 6.51. The molecule has 102 valence electrons. The Morgan fingerprint density at radius 2 is 1.74 bits per heavy atom. The van der Waals surface area contributed by atoms with Crippen LogP contribution < -0.4 is 14.2 Å². The van der Waals surface area contributed by atoms with Crippen molar-refractivity contribution in [1.82, 2.24) is 0 Å². The Balaban J connectivity index is 2.51. The lowest BCUT2D eigenvalue weighted by molar-refractivity contribution is 0.322. The maximum atomic E-state index is 6.51. The molecule has 1 atom stereocenters. The smallest absolute Gasteiger partial charge is 0.203 e. The van der Waals surface area contributed by atoms with Gasteiger partial charge in [0.1, 0.15) is 0 Å². The van der Waals surface area contributed by atoms with Crippen molar-refractivity contribution in [2.45, 2.75) is 5.38 Å². The van der Waals surface area contributed by atoms with Crippen LogP contribution in [0.15, 0.2) is 29.0 Å². The minimum absolute atomic E-state index is 0.277. The van der Waals surface area contributed by atoms with Gasteiger partial charge < -0.3 is 14.2 Å². The number of hydrogen-bond acceptors (Lipinski definition) is 4. The van der Waals surface area contributed by atoms with E-state index in [0.29, 0.717) is 17.2 Å². The van der Waals surface area contributed by atoms with Crippen molar-refractivity contribution in [3.8, 4) is 17.2 Å². The summed E-state index contributed by atoms with van der Waals surface area (Å²) in [5.41, 5.74) is 1.90. The van der Waals surface area contributed by atoms with Gasteiger partial charge >= 0.3 is 0 Å². The van der Waals surface area contributed by atoms with E-state index in [9.17, 15) is 0 Å². The third-order valence-corrected chi connectivity index (χ3v) is 4.03. The van der Waals surface area contributed by atoms with Crippen LogP contribution in [-0.4, -0.2) is 21.3 Å².